The highest BCUT2D eigenvalue weighted by Gasteiger charge is 2.42. The van der Waals surface area contributed by atoms with Crippen LogP contribution >= 0.6 is 0 Å². The average molecular weight is 347 g/mol. The molecule has 0 aromatic heterocycles. The van der Waals surface area contributed by atoms with Gasteiger partial charge < -0.3 is 9.64 Å². The lowest BCUT2D eigenvalue weighted by molar-refractivity contribution is -0.137. The van der Waals surface area contributed by atoms with Gasteiger partial charge in [-0.05, 0) is 74.7 Å². The van der Waals surface area contributed by atoms with Gasteiger partial charge in [-0.25, -0.2) is 4.39 Å². The van der Waals surface area contributed by atoms with Gasteiger partial charge >= 0.3 is 5.97 Å². The number of benzene rings is 1. The number of esters is 1. The molecule has 0 aliphatic heterocycles. The third kappa shape index (κ3) is 4.22. The lowest BCUT2D eigenvalue weighted by Crippen LogP contribution is -2.34. The van der Waals surface area contributed by atoms with E-state index in [1.165, 1.54) is 25.3 Å². The van der Waals surface area contributed by atoms with Crippen LogP contribution in [0.15, 0.2) is 18.2 Å². The van der Waals surface area contributed by atoms with Gasteiger partial charge in [0.1, 0.15) is 11.6 Å². The quantitative estimate of drug-likeness (QED) is 0.581. The third-order valence-electron chi connectivity index (χ3n) is 5.88. The van der Waals surface area contributed by atoms with E-state index in [0.29, 0.717) is 17.6 Å². The maximum atomic E-state index is 14.2. The maximum Gasteiger partial charge on any atom is 0.313 e. The molecule has 4 heteroatoms. The first-order valence-electron chi connectivity index (χ1n) is 9.50. The van der Waals surface area contributed by atoms with Gasteiger partial charge in [-0.15, -0.1) is 0 Å². The molecule has 2 aliphatic carbocycles. The summed E-state index contributed by atoms with van der Waals surface area (Å²) in [6.45, 7) is 4.60. The van der Waals surface area contributed by atoms with Crippen molar-refractivity contribution < 1.29 is 13.9 Å². The molecule has 0 unspecified atom stereocenters. The Balaban J connectivity index is 1.88. The summed E-state index contributed by atoms with van der Waals surface area (Å²) in [5.41, 5.74) is 0.995. The van der Waals surface area contributed by atoms with Crippen LogP contribution in [-0.4, -0.2) is 31.5 Å². The molecule has 0 heterocycles. The highest BCUT2D eigenvalue weighted by Crippen LogP contribution is 2.52. The largest absolute Gasteiger partial charge is 0.426 e. The molecule has 0 spiro atoms. The molecule has 2 aliphatic rings. The fraction of sp³-hybridized carbons (Fsp3) is 0.667. The van der Waals surface area contributed by atoms with Crippen LogP contribution < -0.4 is 4.74 Å². The summed E-state index contributed by atoms with van der Waals surface area (Å²) in [7, 11) is 4.22. The zero-order valence-electron chi connectivity index (χ0n) is 15.8. The average Bonchev–Trinajstić information content (AvgIpc) is 2.91. The molecule has 0 saturated heterocycles. The van der Waals surface area contributed by atoms with Crippen LogP contribution in [0.2, 0.25) is 0 Å². The Morgan fingerprint density at radius 1 is 1.24 bits per heavy atom. The van der Waals surface area contributed by atoms with Crippen molar-refractivity contribution in [2.24, 2.45) is 23.7 Å². The van der Waals surface area contributed by atoms with Gasteiger partial charge in [-0.2, -0.15) is 0 Å². The molecule has 1 aromatic rings. The fourth-order valence-corrected chi connectivity index (χ4v) is 4.75. The summed E-state index contributed by atoms with van der Waals surface area (Å²) in [6.07, 6.45) is 5.04. The van der Waals surface area contributed by atoms with E-state index < -0.39 is 0 Å². The molecule has 1 aromatic carbocycles. The van der Waals surface area contributed by atoms with E-state index >= 15 is 0 Å². The SMILES string of the molecule is CC(C)C(=O)Oc1cc(F)cc([C@@H]2C[C@H]3CC[C@H](C3)[C@@H]2CN(C)C)c1. The van der Waals surface area contributed by atoms with Crippen LogP contribution in [0.25, 0.3) is 0 Å². The third-order valence-corrected chi connectivity index (χ3v) is 5.88. The molecule has 138 valence electrons. The van der Waals surface area contributed by atoms with Crippen molar-refractivity contribution in [1.82, 2.24) is 4.90 Å². The van der Waals surface area contributed by atoms with Crippen LogP contribution in [0.4, 0.5) is 4.39 Å². The highest BCUT2D eigenvalue weighted by atomic mass is 19.1. The normalized spacial score (nSPS) is 28.6. The number of ether oxygens (including phenoxy) is 1. The van der Waals surface area contributed by atoms with E-state index in [1.54, 1.807) is 19.9 Å². The summed E-state index contributed by atoms with van der Waals surface area (Å²) in [6, 6.07) is 4.86. The van der Waals surface area contributed by atoms with Gasteiger partial charge in [0.05, 0.1) is 5.92 Å². The van der Waals surface area contributed by atoms with Gasteiger partial charge in [0.2, 0.25) is 0 Å². The van der Waals surface area contributed by atoms with E-state index in [9.17, 15) is 9.18 Å². The minimum Gasteiger partial charge on any atom is -0.426 e. The van der Waals surface area contributed by atoms with Crippen molar-refractivity contribution in [2.75, 3.05) is 20.6 Å². The fourth-order valence-electron chi connectivity index (χ4n) is 4.75. The first-order chi connectivity index (χ1) is 11.8. The molecule has 4 atom stereocenters. The monoisotopic (exact) mass is 347 g/mol. The molecule has 0 amide bonds. The number of hydrogen-bond acceptors (Lipinski definition) is 3. The summed E-state index contributed by atoms with van der Waals surface area (Å²) >= 11 is 0. The standard InChI is InChI=1S/C21H30FNO2/c1-13(2)21(24)25-18-10-16(9-17(22)11-18)19-8-14-5-6-15(7-14)20(19)12-23(3)4/h9-11,13-15,19-20H,5-8,12H2,1-4H3/t14-,15+,19-,20-/m0/s1. The molecular formula is C21H30FNO2. The second-order valence-corrected chi connectivity index (χ2v) is 8.50. The molecule has 2 saturated carbocycles. The Morgan fingerprint density at radius 3 is 2.68 bits per heavy atom. The Hall–Kier alpha value is -1.42. The Kier molecular flexibility index (Phi) is 5.47. The molecule has 0 radical (unpaired) electrons. The Morgan fingerprint density at radius 2 is 2.00 bits per heavy atom. The predicted molar refractivity (Wildman–Crippen MR) is 97.1 cm³/mol. The molecule has 0 N–H and O–H groups in total. The van der Waals surface area contributed by atoms with Crippen molar-refractivity contribution in [2.45, 2.75) is 45.4 Å². The highest BCUT2D eigenvalue weighted by molar-refractivity contribution is 5.74. The Labute approximate surface area is 150 Å². The molecule has 3 rings (SSSR count). The number of carbonyl (C=O) groups is 1. The second-order valence-electron chi connectivity index (χ2n) is 8.50. The topological polar surface area (TPSA) is 29.5 Å². The minimum absolute atomic E-state index is 0.223. The molecule has 25 heavy (non-hydrogen) atoms. The van der Waals surface area contributed by atoms with Crippen molar-refractivity contribution >= 4 is 5.97 Å². The first-order valence-corrected chi connectivity index (χ1v) is 9.50. The number of hydrogen-bond donors (Lipinski definition) is 0. The van der Waals surface area contributed by atoms with Crippen molar-refractivity contribution in [1.29, 1.82) is 0 Å². The lowest BCUT2D eigenvalue weighted by Gasteiger charge is -2.38. The zero-order chi connectivity index (χ0) is 18.1. The van der Waals surface area contributed by atoms with E-state index in [2.05, 4.69) is 19.0 Å². The minimum atomic E-state index is -0.315. The van der Waals surface area contributed by atoms with Crippen LogP contribution in [0.3, 0.4) is 0 Å². The van der Waals surface area contributed by atoms with E-state index in [4.69, 9.17) is 4.74 Å². The number of fused-ring (bicyclic) bond motifs is 2. The van der Waals surface area contributed by atoms with Crippen LogP contribution in [-0.2, 0) is 4.79 Å². The molecule has 2 bridgehead atoms. The van der Waals surface area contributed by atoms with Gasteiger partial charge in [0.25, 0.3) is 0 Å². The van der Waals surface area contributed by atoms with Crippen LogP contribution in [0, 0.1) is 29.5 Å². The summed E-state index contributed by atoms with van der Waals surface area (Å²) in [5, 5.41) is 0. The number of nitrogens with zero attached hydrogens (tertiary/aromatic N) is 1. The van der Waals surface area contributed by atoms with E-state index in [0.717, 1.165) is 30.4 Å². The van der Waals surface area contributed by atoms with Gasteiger partial charge in [0, 0.05) is 12.6 Å². The van der Waals surface area contributed by atoms with Gasteiger partial charge in [0.15, 0.2) is 0 Å². The lowest BCUT2D eigenvalue weighted by atomic mass is 9.69. The van der Waals surface area contributed by atoms with Crippen molar-refractivity contribution in [3.63, 3.8) is 0 Å². The molecular weight excluding hydrogens is 317 g/mol. The zero-order valence-corrected chi connectivity index (χ0v) is 15.8. The molecule has 3 nitrogen and oxygen atoms in total. The van der Waals surface area contributed by atoms with Gasteiger partial charge in [-0.1, -0.05) is 20.3 Å². The summed E-state index contributed by atoms with van der Waals surface area (Å²) in [5.74, 6) is 1.88. The van der Waals surface area contributed by atoms with Crippen LogP contribution in [0.5, 0.6) is 5.75 Å². The first kappa shape index (κ1) is 18.4. The summed E-state index contributed by atoms with van der Waals surface area (Å²) in [4.78, 5) is 14.1. The van der Waals surface area contributed by atoms with E-state index in [1.807, 2.05) is 6.07 Å². The van der Waals surface area contributed by atoms with Crippen molar-refractivity contribution in [3.8, 4) is 5.75 Å². The van der Waals surface area contributed by atoms with Crippen molar-refractivity contribution in [3.05, 3.63) is 29.6 Å². The number of rotatable bonds is 5. The Bertz CT molecular complexity index is 628. The summed E-state index contributed by atoms with van der Waals surface area (Å²) < 4.78 is 19.6. The predicted octanol–water partition coefficient (Wildman–Crippen LogP) is 4.47. The smallest absolute Gasteiger partial charge is 0.313 e. The van der Waals surface area contributed by atoms with E-state index in [-0.39, 0.29) is 17.7 Å². The van der Waals surface area contributed by atoms with Gasteiger partial charge in [-0.3, -0.25) is 4.79 Å². The van der Waals surface area contributed by atoms with Crippen LogP contribution in [0.1, 0.15) is 51.0 Å². The maximum absolute atomic E-state index is 14.2. The molecule has 2 fully saturated rings. The second kappa shape index (κ2) is 7.45. The number of carbonyl (C=O) groups excluding carboxylic acids is 1. The number of halogens is 1.